The number of thioether (sulfide) groups is 1. The molecule has 1 aromatic carbocycles. The van der Waals surface area contributed by atoms with Crippen LogP contribution in [-0.2, 0) is 0 Å². The molecule has 1 N–H and O–H groups in total. The predicted molar refractivity (Wildman–Crippen MR) is 122 cm³/mol. The molecule has 0 atom stereocenters. The summed E-state index contributed by atoms with van der Waals surface area (Å²) in [6.07, 6.45) is 4.54. The number of anilines is 2. The van der Waals surface area contributed by atoms with Gasteiger partial charge in [-0.3, -0.25) is 9.69 Å². The predicted octanol–water partition coefficient (Wildman–Crippen LogP) is 4.86. The maximum absolute atomic E-state index is 13.0. The average Bonchev–Trinajstić information content (AvgIpc) is 3.02. The summed E-state index contributed by atoms with van der Waals surface area (Å²) in [4.78, 5) is 34.0. The Morgan fingerprint density at radius 2 is 1.70 bits per heavy atom. The molecule has 1 fully saturated rings. The van der Waals surface area contributed by atoms with Crippen LogP contribution in [0, 0.1) is 13.8 Å². The minimum atomic E-state index is -0.170. The number of hydrogen-bond acceptors (Lipinski definition) is 4. The van der Waals surface area contributed by atoms with Crippen molar-refractivity contribution in [3.63, 3.8) is 0 Å². The van der Waals surface area contributed by atoms with Gasteiger partial charge < -0.3 is 10.2 Å². The third kappa shape index (κ3) is 4.46. The van der Waals surface area contributed by atoms with E-state index in [2.05, 4.69) is 10.3 Å². The van der Waals surface area contributed by atoms with Crippen molar-refractivity contribution in [1.82, 2.24) is 9.88 Å². The summed E-state index contributed by atoms with van der Waals surface area (Å²) in [5, 5.41) is 3.88. The van der Waals surface area contributed by atoms with Gasteiger partial charge in [-0.25, -0.2) is 9.78 Å². The van der Waals surface area contributed by atoms with E-state index >= 15 is 0 Å². The first-order valence-electron chi connectivity index (χ1n) is 10.6. The zero-order valence-corrected chi connectivity index (χ0v) is 18.4. The number of aromatic nitrogens is 1. The normalized spacial score (nSPS) is 16.6. The fraction of sp³-hybridized carbons (Fsp3) is 0.435. The number of nitrogens with one attached hydrogen (secondary N) is 1. The zero-order chi connectivity index (χ0) is 21.1. The van der Waals surface area contributed by atoms with E-state index in [0.717, 1.165) is 53.7 Å². The summed E-state index contributed by atoms with van der Waals surface area (Å²) in [7, 11) is 0. The Morgan fingerprint density at radius 3 is 2.40 bits per heavy atom. The molecular formula is C23H28N4O2S. The molecule has 3 amide bonds. The van der Waals surface area contributed by atoms with Crippen molar-refractivity contribution in [2.24, 2.45) is 0 Å². The van der Waals surface area contributed by atoms with Crippen LogP contribution < -0.4 is 10.2 Å². The van der Waals surface area contributed by atoms with Gasteiger partial charge in [0.1, 0.15) is 5.03 Å². The fourth-order valence-electron chi connectivity index (χ4n) is 4.12. The summed E-state index contributed by atoms with van der Waals surface area (Å²) in [6, 6.07) is 9.06. The summed E-state index contributed by atoms with van der Waals surface area (Å²) in [5.41, 5.74) is 4.27. The van der Waals surface area contributed by atoms with Crippen molar-refractivity contribution in [1.29, 1.82) is 0 Å². The van der Waals surface area contributed by atoms with Gasteiger partial charge in [-0.1, -0.05) is 12.8 Å². The molecule has 4 rings (SSSR count). The lowest BCUT2D eigenvalue weighted by Crippen LogP contribution is -2.39. The van der Waals surface area contributed by atoms with Crippen molar-refractivity contribution < 1.29 is 9.59 Å². The van der Waals surface area contributed by atoms with E-state index in [-0.39, 0.29) is 11.9 Å². The van der Waals surface area contributed by atoms with Crippen LogP contribution in [0.4, 0.5) is 16.2 Å². The van der Waals surface area contributed by atoms with Crippen LogP contribution in [0.5, 0.6) is 0 Å². The van der Waals surface area contributed by atoms with Crippen molar-refractivity contribution in [3.05, 3.63) is 47.2 Å². The van der Waals surface area contributed by atoms with E-state index in [9.17, 15) is 9.59 Å². The Hall–Kier alpha value is -2.54. The van der Waals surface area contributed by atoms with Crippen LogP contribution >= 0.6 is 11.8 Å². The molecule has 2 aliphatic heterocycles. The number of hydrogen-bond donors (Lipinski definition) is 1. The first-order valence-corrected chi connectivity index (χ1v) is 11.6. The molecule has 1 aromatic heterocycles. The number of fused-ring (bicyclic) bond motifs is 1. The highest BCUT2D eigenvalue weighted by atomic mass is 32.2. The second-order valence-electron chi connectivity index (χ2n) is 7.95. The molecule has 7 heteroatoms. The van der Waals surface area contributed by atoms with Crippen molar-refractivity contribution in [2.45, 2.75) is 44.6 Å². The highest BCUT2D eigenvalue weighted by molar-refractivity contribution is 7.99. The number of rotatable bonds is 2. The molecule has 1 saturated heterocycles. The second kappa shape index (κ2) is 9.08. The van der Waals surface area contributed by atoms with Gasteiger partial charge in [0.25, 0.3) is 5.91 Å². The number of amides is 3. The molecular weight excluding hydrogens is 396 g/mol. The first-order chi connectivity index (χ1) is 14.5. The van der Waals surface area contributed by atoms with Gasteiger partial charge >= 0.3 is 6.03 Å². The van der Waals surface area contributed by atoms with Gasteiger partial charge in [-0.15, -0.1) is 11.8 Å². The van der Waals surface area contributed by atoms with E-state index in [1.807, 2.05) is 36.9 Å². The first kappa shape index (κ1) is 20.7. The average molecular weight is 425 g/mol. The molecule has 30 heavy (non-hydrogen) atoms. The van der Waals surface area contributed by atoms with E-state index in [1.54, 1.807) is 28.8 Å². The fourth-order valence-corrected chi connectivity index (χ4v) is 5.20. The van der Waals surface area contributed by atoms with Crippen LogP contribution in [-0.4, -0.2) is 47.2 Å². The van der Waals surface area contributed by atoms with Crippen LogP contribution in [0.1, 0.15) is 47.3 Å². The van der Waals surface area contributed by atoms with Gasteiger partial charge in [0.05, 0.1) is 5.69 Å². The number of carbonyl (C=O) groups is 2. The molecule has 2 aromatic rings. The molecule has 0 spiro atoms. The van der Waals surface area contributed by atoms with Gasteiger partial charge in [-0.2, -0.15) is 0 Å². The van der Waals surface area contributed by atoms with Crippen LogP contribution in [0.25, 0.3) is 0 Å². The SMILES string of the molecule is Cc1cc(C)c2c(n1)SCCN2C(=O)Nc1ccc(C(=O)N2CCCCCC2)cc1. The molecule has 158 valence electrons. The van der Waals surface area contributed by atoms with Gasteiger partial charge in [0, 0.05) is 42.3 Å². The van der Waals surface area contributed by atoms with Gasteiger partial charge in [0.15, 0.2) is 0 Å². The Labute approximate surface area is 182 Å². The number of aryl methyl sites for hydroxylation is 2. The van der Waals surface area contributed by atoms with Crippen LogP contribution in [0.3, 0.4) is 0 Å². The number of urea groups is 1. The number of pyridine rings is 1. The van der Waals surface area contributed by atoms with Gasteiger partial charge in [0.2, 0.25) is 0 Å². The molecule has 0 bridgehead atoms. The number of benzene rings is 1. The molecule has 0 saturated carbocycles. The highest BCUT2D eigenvalue weighted by Crippen LogP contribution is 2.36. The molecule has 0 aliphatic carbocycles. The van der Waals surface area contributed by atoms with Crippen LogP contribution in [0.2, 0.25) is 0 Å². The minimum Gasteiger partial charge on any atom is -0.339 e. The van der Waals surface area contributed by atoms with Crippen molar-refractivity contribution >= 4 is 35.1 Å². The Bertz CT molecular complexity index is 937. The Morgan fingerprint density at radius 1 is 1.00 bits per heavy atom. The Balaban J connectivity index is 1.45. The summed E-state index contributed by atoms with van der Waals surface area (Å²) < 4.78 is 0. The number of likely N-dealkylation sites (tertiary alicyclic amines) is 1. The summed E-state index contributed by atoms with van der Waals surface area (Å²) in [6.45, 7) is 6.29. The second-order valence-corrected chi connectivity index (χ2v) is 9.03. The van der Waals surface area contributed by atoms with E-state index in [4.69, 9.17) is 0 Å². The Kier molecular flexibility index (Phi) is 6.27. The van der Waals surface area contributed by atoms with Crippen LogP contribution in [0.15, 0.2) is 35.4 Å². The number of carbonyl (C=O) groups excluding carboxylic acids is 2. The molecule has 0 radical (unpaired) electrons. The van der Waals surface area contributed by atoms with E-state index in [0.29, 0.717) is 17.8 Å². The molecule has 0 unspecified atom stereocenters. The molecule has 2 aliphatic rings. The smallest absolute Gasteiger partial charge is 0.326 e. The highest BCUT2D eigenvalue weighted by Gasteiger charge is 2.26. The quantitative estimate of drug-likeness (QED) is 0.748. The molecule has 6 nitrogen and oxygen atoms in total. The maximum atomic E-state index is 13.0. The topological polar surface area (TPSA) is 65.5 Å². The van der Waals surface area contributed by atoms with Crippen molar-refractivity contribution in [3.8, 4) is 0 Å². The summed E-state index contributed by atoms with van der Waals surface area (Å²) >= 11 is 1.69. The third-order valence-corrected chi connectivity index (χ3v) is 6.57. The third-order valence-electron chi connectivity index (χ3n) is 5.62. The lowest BCUT2D eigenvalue weighted by Gasteiger charge is -2.30. The lowest BCUT2D eigenvalue weighted by molar-refractivity contribution is 0.0761. The lowest BCUT2D eigenvalue weighted by atomic mass is 10.1. The number of nitrogens with zero attached hydrogens (tertiary/aromatic N) is 3. The van der Waals surface area contributed by atoms with E-state index in [1.165, 1.54) is 12.8 Å². The maximum Gasteiger partial charge on any atom is 0.326 e. The summed E-state index contributed by atoms with van der Waals surface area (Å²) in [5.74, 6) is 0.897. The van der Waals surface area contributed by atoms with E-state index < -0.39 is 0 Å². The zero-order valence-electron chi connectivity index (χ0n) is 17.6. The van der Waals surface area contributed by atoms with Crippen molar-refractivity contribution in [2.75, 3.05) is 35.6 Å². The minimum absolute atomic E-state index is 0.0776. The largest absolute Gasteiger partial charge is 0.339 e. The van der Waals surface area contributed by atoms with Gasteiger partial charge in [-0.05, 0) is 62.6 Å². The monoisotopic (exact) mass is 424 g/mol. The molecule has 3 heterocycles. The standard InChI is InChI=1S/C23H28N4O2S/c1-16-15-17(2)24-21-20(16)27(13-14-30-21)23(29)25-19-9-7-18(8-10-19)22(28)26-11-5-3-4-6-12-26/h7-10,15H,3-6,11-14H2,1-2H3,(H,25,29).